The first-order chi connectivity index (χ1) is 9.99. The predicted octanol–water partition coefficient (Wildman–Crippen LogP) is 3.41. The van der Waals surface area contributed by atoms with Gasteiger partial charge in [-0.05, 0) is 23.8 Å². The Morgan fingerprint density at radius 2 is 2.05 bits per heavy atom. The van der Waals surface area contributed by atoms with Crippen LogP contribution in [0.15, 0.2) is 42.5 Å². The van der Waals surface area contributed by atoms with Crippen molar-refractivity contribution in [1.82, 2.24) is 0 Å². The van der Waals surface area contributed by atoms with E-state index in [4.69, 9.17) is 0 Å². The van der Waals surface area contributed by atoms with Gasteiger partial charge in [0.2, 0.25) is 0 Å². The molecule has 2 aromatic carbocycles. The Morgan fingerprint density at radius 1 is 1.29 bits per heavy atom. The van der Waals surface area contributed by atoms with Gasteiger partial charge >= 0.3 is 0 Å². The van der Waals surface area contributed by atoms with E-state index in [2.05, 4.69) is 5.32 Å². The average Bonchev–Trinajstić information content (AvgIpc) is 2.46. The van der Waals surface area contributed by atoms with Crippen LogP contribution in [0.3, 0.4) is 0 Å². The second kappa shape index (κ2) is 6.21. The van der Waals surface area contributed by atoms with Crippen LogP contribution in [0, 0.1) is 15.9 Å². The van der Waals surface area contributed by atoms with Crippen molar-refractivity contribution in [2.24, 2.45) is 0 Å². The number of nitro groups is 1. The van der Waals surface area contributed by atoms with E-state index in [0.29, 0.717) is 17.9 Å². The number of anilines is 2. The summed E-state index contributed by atoms with van der Waals surface area (Å²) in [5, 5.41) is 13.9. The largest absolute Gasteiger partial charge is 0.388 e. The maximum atomic E-state index is 13.2. The number of non-ortho nitro benzene ring substituents is 1. The lowest BCUT2D eigenvalue weighted by atomic mass is 10.2. The van der Waals surface area contributed by atoms with Gasteiger partial charge in [0, 0.05) is 44.1 Å². The summed E-state index contributed by atoms with van der Waals surface area (Å²) < 4.78 is 13.2. The highest BCUT2D eigenvalue weighted by Gasteiger charge is 2.12. The summed E-state index contributed by atoms with van der Waals surface area (Å²) in [4.78, 5) is 12.4. The molecule has 2 aromatic rings. The Kier molecular flexibility index (Phi) is 4.37. The first-order valence-electron chi connectivity index (χ1n) is 6.42. The third kappa shape index (κ3) is 3.68. The standard InChI is InChI=1S/C15H16FN3O2/c1-17-13-7-14(9-15(8-13)19(20)21)18(2)10-11-4-3-5-12(16)6-11/h3-9,17H,10H2,1-2H3. The number of hydrogen-bond acceptors (Lipinski definition) is 4. The maximum Gasteiger partial charge on any atom is 0.273 e. The lowest BCUT2D eigenvalue weighted by molar-refractivity contribution is -0.384. The Bertz CT molecular complexity index is 661. The van der Waals surface area contributed by atoms with Crippen molar-refractivity contribution in [1.29, 1.82) is 0 Å². The molecule has 0 aromatic heterocycles. The third-order valence-corrected chi connectivity index (χ3v) is 3.15. The molecular formula is C15H16FN3O2. The maximum absolute atomic E-state index is 13.2. The molecule has 0 aliphatic carbocycles. The molecule has 0 saturated carbocycles. The molecule has 0 aliphatic rings. The van der Waals surface area contributed by atoms with Crippen LogP contribution in [0.25, 0.3) is 0 Å². The van der Waals surface area contributed by atoms with Gasteiger partial charge in [0.25, 0.3) is 5.69 Å². The molecule has 110 valence electrons. The smallest absolute Gasteiger partial charge is 0.273 e. The number of benzene rings is 2. The molecule has 0 unspecified atom stereocenters. The van der Waals surface area contributed by atoms with Gasteiger partial charge in [-0.25, -0.2) is 4.39 Å². The van der Waals surface area contributed by atoms with Gasteiger partial charge in [-0.1, -0.05) is 12.1 Å². The molecule has 0 saturated heterocycles. The van der Waals surface area contributed by atoms with Crippen LogP contribution in [0.1, 0.15) is 5.56 Å². The molecule has 0 atom stereocenters. The number of halogens is 1. The van der Waals surface area contributed by atoms with Crippen LogP contribution < -0.4 is 10.2 Å². The zero-order chi connectivity index (χ0) is 15.4. The molecule has 0 aliphatic heterocycles. The normalized spacial score (nSPS) is 10.2. The van der Waals surface area contributed by atoms with Crippen LogP contribution in [0.5, 0.6) is 0 Å². The van der Waals surface area contributed by atoms with E-state index in [1.165, 1.54) is 24.3 Å². The highest BCUT2D eigenvalue weighted by atomic mass is 19.1. The van der Waals surface area contributed by atoms with Gasteiger partial charge in [-0.15, -0.1) is 0 Å². The van der Waals surface area contributed by atoms with Crippen molar-refractivity contribution >= 4 is 17.1 Å². The minimum atomic E-state index is -0.430. The quantitative estimate of drug-likeness (QED) is 0.677. The monoisotopic (exact) mass is 289 g/mol. The molecule has 0 fully saturated rings. The Balaban J connectivity index is 2.27. The number of hydrogen-bond donors (Lipinski definition) is 1. The molecule has 0 bridgehead atoms. The van der Waals surface area contributed by atoms with Crippen LogP contribution in [-0.2, 0) is 6.54 Å². The van der Waals surface area contributed by atoms with E-state index in [0.717, 1.165) is 5.56 Å². The number of nitrogens with one attached hydrogen (secondary N) is 1. The average molecular weight is 289 g/mol. The molecule has 5 nitrogen and oxygen atoms in total. The van der Waals surface area contributed by atoms with E-state index in [-0.39, 0.29) is 11.5 Å². The molecule has 0 amide bonds. The fraction of sp³-hybridized carbons (Fsp3) is 0.200. The predicted molar refractivity (Wildman–Crippen MR) is 81.2 cm³/mol. The fourth-order valence-electron chi connectivity index (χ4n) is 2.07. The Morgan fingerprint density at radius 3 is 2.67 bits per heavy atom. The topological polar surface area (TPSA) is 58.4 Å². The SMILES string of the molecule is CNc1cc(N(C)Cc2cccc(F)c2)cc([N+](=O)[O-])c1. The van der Waals surface area contributed by atoms with E-state index >= 15 is 0 Å². The van der Waals surface area contributed by atoms with Crippen molar-refractivity contribution in [2.75, 3.05) is 24.3 Å². The summed E-state index contributed by atoms with van der Waals surface area (Å²) in [5.74, 6) is -0.296. The minimum absolute atomic E-state index is 0.0166. The summed E-state index contributed by atoms with van der Waals surface area (Å²) in [5.41, 5.74) is 2.17. The number of rotatable bonds is 5. The Labute approximate surface area is 122 Å². The van der Waals surface area contributed by atoms with Gasteiger partial charge < -0.3 is 10.2 Å². The second-order valence-corrected chi connectivity index (χ2v) is 4.73. The Hall–Kier alpha value is -2.63. The summed E-state index contributed by atoms with van der Waals surface area (Å²) >= 11 is 0. The molecule has 0 radical (unpaired) electrons. The number of nitro benzene ring substituents is 1. The highest BCUT2D eigenvalue weighted by molar-refractivity contribution is 5.64. The van der Waals surface area contributed by atoms with Crippen molar-refractivity contribution in [3.63, 3.8) is 0 Å². The number of nitrogens with zero attached hydrogens (tertiary/aromatic N) is 2. The molecule has 0 spiro atoms. The summed E-state index contributed by atoms with van der Waals surface area (Å²) in [6, 6.07) is 11.1. The molecule has 1 N–H and O–H groups in total. The first-order valence-corrected chi connectivity index (χ1v) is 6.42. The van der Waals surface area contributed by atoms with E-state index in [1.807, 2.05) is 24.1 Å². The second-order valence-electron chi connectivity index (χ2n) is 4.73. The van der Waals surface area contributed by atoms with E-state index in [9.17, 15) is 14.5 Å². The third-order valence-electron chi connectivity index (χ3n) is 3.15. The fourth-order valence-corrected chi connectivity index (χ4v) is 2.07. The summed E-state index contributed by atoms with van der Waals surface area (Å²) in [7, 11) is 3.51. The van der Waals surface area contributed by atoms with Crippen molar-refractivity contribution in [3.8, 4) is 0 Å². The minimum Gasteiger partial charge on any atom is -0.388 e. The van der Waals surface area contributed by atoms with Crippen LogP contribution in [0.4, 0.5) is 21.5 Å². The van der Waals surface area contributed by atoms with E-state index in [1.54, 1.807) is 13.1 Å². The van der Waals surface area contributed by atoms with E-state index < -0.39 is 4.92 Å². The highest BCUT2D eigenvalue weighted by Crippen LogP contribution is 2.27. The molecule has 6 heteroatoms. The van der Waals surface area contributed by atoms with Crippen molar-refractivity contribution in [2.45, 2.75) is 6.54 Å². The summed E-state index contributed by atoms with van der Waals surface area (Å²) in [6.07, 6.45) is 0. The zero-order valence-electron chi connectivity index (χ0n) is 11.8. The lowest BCUT2D eigenvalue weighted by Gasteiger charge is -2.20. The molecule has 21 heavy (non-hydrogen) atoms. The summed E-state index contributed by atoms with van der Waals surface area (Å²) in [6.45, 7) is 0.460. The van der Waals surface area contributed by atoms with Gasteiger partial charge in [0.05, 0.1) is 4.92 Å². The van der Waals surface area contributed by atoms with Crippen LogP contribution >= 0.6 is 0 Å². The van der Waals surface area contributed by atoms with Crippen molar-refractivity contribution in [3.05, 3.63) is 64.0 Å². The lowest BCUT2D eigenvalue weighted by Crippen LogP contribution is -2.16. The first kappa shape index (κ1) is 14.8. The van der Waals surface area contributed by atoms with Crippen molar-refractivity contribution < 1.29 is 9.31 Å². The molecular weight excluding hydrogens is 273 g/mol. The van der Waals surface area contributed by atoms with Crippen LogP contribution in [0.2, 0.25) is 0 Å². The molecule has 0 heterocycles. The zero-order valence-corrected chi connectivity index (χ0v) is 11.8. The van der Waals surface area contributed by atoms with Crippen LogP contribution in [-0.4, -0.2) is 19.0 Å². The molecule has 2 rings (SSSR count). The van der Waals surface area contributed by atoms with Gasteiger partial charge in [0.1, 0.15) is 5.82 Å². The van der Waals surface area contributed by atoms with Gasteiger partial charge in [-0.2, -0.15) is 0 Å². The van der Waals surface area contributed by atoms with Gasteiger partial charge in [-0.3, -0.25) is 10.1 Å². The van der Waals surface area contributed by atoms with Gasteiger partial charge in [0.15, 0.2) is 0 Å².